The number of nitrogen functional groups attached to an aromatic ring is 1. The fourth-order valence-corrected chi connectivity index (χ4v) is 4.48. The van der Waals surface area contributed by atoms with Crippen LogP contribution in [0.1, 0.15) is 88.6 Å². The van der Waals surface area contributed by atoms with Crippen LogP contribution in [0.3, 0.4) is 0 Å². The SMILES string of the molecule is CCCCCCc1ccc(-c2c(C(C)C)nn(C(C)(C)Cc3ccc(C)cc3)c2N)cc1. The molecule has 1 aromatic heterocycles. The minimum absolute atomic E-state index is 0.222. The summed E-state index contributed by atoms with van der Waals surface area (Å²) in [6, 6.07) is 17.7. The Morgan fingerprint density at radius 3 is 2.12 bits per heavy atom. The van der Waals surface area contributed by atoms with Gasteiger partial charge in [-0.25, -0.2) is 4.68 Å². The van der Waals surface area contributed by atoms with Gasteiger partial charge in [-0.1, -0.05) is 94.1 Å². The lowest BCUT2D eigenvalue weighted by Crippen LogP contribution is -2.31. The summed E-state index contributed by atoms with van der Waals surface area (Å²) >= 11 is 0. The maximum atomic E-state index is 6.79. The van der Waals surface area contributed by atoms with Gasteiger partial charge in [0.15, 0.2) is 0 Å². The van der Waals surface area contributed by atoms with Gasteiger partial charge in [0, 0.05) is 5.56 Å². The Bertz CT molecular complexity index is 992. The maximum absolute atomic E-state index is 6.79. The Balaban J connectivity index is 1.89. The molecule has 0 unspecified atom stereocenters. The van der Waals surface area contributed by atoms with Gasteiger partial charge in [-0.3, -0.25) is 0 Å². The Morgan fingerprint density at radius 1 is 0.906 bits per heavy atom. The molecule has 0 saturated heterocycles. The van der Waals surface area contributed by atoms with E-state index in [9.17, 15) is 0 Å². The van der Waals surface area contributed by atoms with Gasteiger partial charge >= 0.3 is 0 Å². The lowest BCUT2D eigenvalue weighted by Gasteiger charge is -2.27. The first-order valence-electron chi connectivity index (χ1n) is 12.3. The van der Waals surface area contributed by atoms with Crippen LogP contribution < -0.4 is 5.73 Å². The molecule has 0 spiro atoms. The van der Waals surface area contributed by atoms with Crippen molar-refractivity contribution < 1.29 is 0 Å². The molecular weight excluding hydrogens is 390 g/mol. The van der Waals surface area contributed by atoms with E-state index in [1.807, 2.05) is 0 Å². The van der Waals surface area contributed by atoms with Crippen molar-refractivity contribution in [3.63, 3.8) is 0 Å². The zero-order chi connectivity index (χ0) is 23.3. The molecule has 2 N–H and O–H groups in total. The smallest absolute Gasteiger partial charge is 0.130 e. The first kappa shape index (κ1) is 24.1. The quantitative estimate of drug-likeness (QED) is 0.335. The molecule has 0 aliphatic rings. The first-order chi connectivity index (χ1) is 15.2. The summed E-state index contributed by atoms with van der Waals surface area (Å²) in [5, 5.41) is 5.06. The van der Waals surface area contributed by atoms with Crippen LogP contribution in [0.15, 0.2) is 48.5 Å². The predicted octanol–water partition coefficient (Wildman–Crippen LogP) is 7.66. The summed E-state index contributed by atoms with van der Waals surface area (Å²) in [5.41, 5.74) is 13.9. The van der Waals surface area contributed by atoms with Gasteiger partial charge in [0.2, 0.25) is 0 Å². The average Bonchev–Trinajstić information content (AvgIpc) is 3.12. The number of hydrogen-bond donors (Lipinski definition) is 1. The molecule has 0 atom stereocenters. The zero-order valence-electron chi connectivity index (χ0n) is 20.9. The summed E-state index contributed by atoms with van der Waals surface area (Å²) in [6.07, 6.45) is 7.20. The second-order valence-electron chi connectivity index (χ2n) is 10.2. The fourth-order valence-electron chi connectivity index (χ4n) is 4.48. The second-order valence-corrected chi connectivity index (χ2v) is 10.2. The third kappa shape index (κ3) is 5.62. The molecule has 3 rings (SSSR count). The maximum Gasteiger partial charge on any atom is 0.130 e. The van der Waals surface area contributed by atoms with Crippen LogP contribution in [-0.4, -0.2) is 9.78 Å². The zero-order valence-corrected chi connectivity index (χ0v) is 20.9. The molecule has 32 heavy (non-hydrogen) atoms. The molecule has 0 radical (unpaired) electrons. The van der Waals surface area contributed by atoms with Gasteiger partial charge in [-0.2, -0.15) is 5.10 Å². The molecule has 3 heteroatoms. The molecule has 0 saturated carbocycles. The lowest BCUT2D eigenvalue weighted by molar-refractivity contribution is 0.319. The van der Waals surface area contributed by atoms with Crippen LogP contribution in [0, 0.1) is 6.92 Å². The van der Waals surface area contributed by atoms with E-state index in [1.165, 1.54) is 47.9 Å². The third-order valence-electron chi connectivity index (χ3n) is 6.39. The van der Waals surface area contributed by atoms with E-state index in [2.05, 4.69) is 94.8 Å². The Labute approximate surface area is 195 Å². The third-order valence-corrected chi connectivity index (χ3v) is 6.39. The van der Waals surface area contributed by atoms with Crippen molar-refractivity contribution in [1.82, 2.24) is 9.78 Å². The highest BCUT2D eigenvalue weighted by molar-refractivity contribution is 5.77. The van der Waals surface area contributed by atoms with Crippen LogP contribution in [0.2, 0.25) is 0 Å². The number of aryl methyl sites for hydroxylation is 2. The highest BCUT2D eigenvalue weighted by Gasteiger charge is 2.29. The van der Waals surface area contributed by atoms with E-state index in [0.717, 1.165) is 29.9 Å². The Morgan fingerprint density at radius 2 is 1.53 bits per heavy atom. The highest BCUT2D eigenvalue weighted by atomic mass is 15.4. The molecule has 0 aliphatic carbocycles. The van der Waals surface area contributed by atoms with E-state index >= 15 is 0 Å². The van der Waals surface area contributed by atoms with E-state index in [0.29, 0.717) is 5.92 Å². The number of hydrogen-bond acceptors (Lipinski definition) is 2. The minimum Gasteiger partial charge on any atom is -0.383 e. The number of nitrogens with two attached hydrogens (primary N) is 1. The largest absolute Gasteiger partial charge is 0.383 e. The van der Waals surface area contributed by atoms with Crippen LogP contribution in [0.4, 0.5) is 5.82 Å². The number of benzene rings is 2. The average molecular weight is 432 g/mol. The van der Waals surface area contributed by atoms with E-state index in [-0.39, 0.29) is 5.54 Å². The fraction of sp³-hybridized carbons (Fsp3) is 0.483. The highest BCUT2D eigenvalue weighted by Crippen LogP contribution is 2.37. The van der Waals surface area contributed by atoms with E-state index in [1.54, 1.807) is 0 Å². The van der Waals surface area contributed by atoms with Crippen LogP contribution >= 0.6 is 0 Å². The lowest BCUT2D eigenvalue weighted by atomic mass is 9.94. The van der Waals surface area contributed by atoms with Crippen molar-refractivity contribution in [3.8, 4) is 11.1 Å². The summed E-state index contributed by atoms with van der Waals surface area (Å²) in [4.78, 5) is 0. The van der Waals surface area contributed by atoms with E-state index in [4.69, 9.17) is 10.8 Å². The monoisotopic (exact) mass is 431 g/mol. The molecule has 3 aromatic rings. The standard InChI is InChI=1S/C29H41N3/c1-7-8-9-10-11-23-16-18-25(19-17-23)26-27(21(2)3)31-32(28(26)30)29(5,6)20-24-14-12-22(4)13-15-24/h12-19,21H,7-11,20,30H2,1-6H3. The van der Waals surface area contributed by atoms with Gasteiger partial charge in [0.05, 0.1) is 11.2 Å². The van der Waals surface area contributed by atoms with Crippen molar-refractivity contribution in [2.75, 3.05) is 5.73 Å². The molecule has 0 fully saturated rings. The molecule has 0 aliphatic heterocycles. The Hall–Kier alpha value is -2.55. The van der Waals surface area contributed by atoms with Gasteiger partial charge in [-0.15, -0.1) is 0 Å². The first-order valence-corrected chi connectivity index (χ1v) is 12.3. The van der Waals surface area contributed by atoms with Gasteiger partial charge < -0.3 is 5.73 Å². The molecule has 1 heterocycles. The summed E-state index contributed by atoms with van der Waals surface area (Å²) in [6.45, 7) is 13.2. The number of nitrogens with zero attached hydrogens (tertiary/aromatic N) is 2. The van der Waals surface area contributed by atoms with Crippen molar-refractivity contribution in [2.45, 2.75) is 91.5 Å². The van der Waals surface area contributed by atoms with Crippen molar-refractivity contribution in [2.24, 2.45) is 0 Å². The second kappa shape index (κ2) is 10.4. The van der Waals surface area contributed by atoms with Gasteiger partial charge in [-0.05, 0) is 62.6 Å². The molecule has 172 valence electrons. The normalized spacial score (nSPS) is 12.0. The van der Waals surface area contributed by atoms with Crippen molar-refractivity contribution in [3.05, 3.63) is 70.9 Å². The molecule has 2 aromatic carbocycles. The van der Waals surface area contributed by atoms with Crippen molar-refractivity contribution >= 4 is 5.82 Å². The Kier molecular flexibility index (Phi) is 7.82. The predicted molar refractivity (Wildman–Crippen MR) is 138 cm³/mol. The van der Waals surface area contributed by atoms with Gasteiger partial charge in [0.1, 0.15) is 5.82 Å². The summed E-state index contributed by atoms with van der Waals surface area (Å²) < 4.78 is 2.05. The summed E-state index contributed by atoms with van der Waals surface area (Å²) in [5.74, 6) is 1.07. The number of unbranched alkanes of at least 4 members (excludes halogenated alkanes) is 3. The van der Waals surface area contributed by atoms with Crippen molar-refractivity contribution in [1.29, 1.82) is 0 Å². The van der Waals surface area contributed by atoms with Gasteiger partial charge in [0.25, 0.3) is 0 Å². The topological polar surface area (TPSA) is 43.8 Å². The van der Waals surface area contributed by atoms with Crippen LogP contribution in [0.25, 0.3) is 11.1 Å². The minimum atomic E-state index is -0.222. The number of aromatic nitrogens is 2. The number of rotatable bonds is 10. The van der Waals surface area contributed by atoms with Crippen LogP contribution in [-0.2, 0) is 18.4 Å². The summed E-state index contributed by atoms with van der Waals surface area (Å²) in [7, 11) is 0. The number of anilines is 1. The molecule has 0 bridgehead atoms. The van der Waals surface area contributed by atoms with E-state index < -0.39 is 0 Å². The molecule has 0 amide bonds. The molecule has 3 nitrogen and oxygen atoms in total. The van der Waals surface area contributed by atoms with Crippen LogP contribution in [0.5, 0.6) is 0 Å². The molecular formula is C29H41N3.